The summed E-state index contributed by atoms with van der Waals surface area (Å²) in [6.07, 6.45) is 7.89. The summed E-state index contributed by atoms with van der Waals surface area (Å²) in [4.78, 5) is 11.2. The van der Waals surface area contributed by atoms with E-state index >= 15 is 0 Å². The first-order valence-corrected chi connectivity index (χ1v) is 6.98. The van der Waals surface area contributed by atoms with E-state index in [2.05, 4.69) is 6.58 Å². The molecule has 1 N–H and O–H groups in total. The molecule has 0 aromatic carbocycles. The van der Waals surface area contributed by atoms with Crippen molar-refractivity contribution in [1.82, 2.24) is 0 Å². The third kappa shape index (κ3) is 0.974. The van der Waals surface area contributed by atoms with Crippen molar-refractivity contribution in [2.45, 2.75) is 44.9 Å². The fraction of sp³-hybridized carbons (Fsp3) is 0.800. The molecule has 4 saturated carbocycles. The molecule has 2 heteroatoms. The number of carboxylic acid groups (broad SMARTS) is 1. The highest BCUT2D eigenvalue weighted by atomic mass is 16.4. The third-order valence-corrected chi connectivity index (χ3v) is 6.72. The molecule has 4 rings (SSSR count). The number of allylic oxidation sites excluding steroid dienone is 1. The van der Waals surface area contributed by atoms with Crippen LogP contribution in [0.2, 0.25) is 0 Å². The van der Waals surface area contributed by atoms with Gasteiger partial charge in [-0.15, -0.1) is 0 Å². The van der Waals surface area contributed by atoms with E-state index in [1.54, 1.807) is 0 Å². The molecule has 0 aromatic heterocycles. The lowest BCUT2D eigenvalue weighted by Gasteiger charge is -2.24. The minimum Gasteiger partial charge on any atom is -0.481 e. The SMILES string of the molecule is C=C1CC[C@H]2C[C@@H]3[C@H]1CC[C@@]31C[C@@]21CC(=O)O. The Morgan fingerprint density at radius 1 is 1.47 bits per heavy atom. The fourth-order valence-electron chi connectivity index (χ4n) is 6.09. The van der Waals surface area contributed by atoms with Gasteiger partial charge in [-0.25, -0.2) is 0 Å². The zero-order chi connectivity index (χ0) is 11.8. The Hall–Kier alpha value is -0.790. The van der Waals surface area contributed by atoms with Crippen LogP contribution in [0.25, 0.3) is 0 Å². The molecule has 2 nitrogen and oxygen atoms in total. The molecule has 0 aliphatic heterocycles. The predicted octanol–water partition coefficient (Wildman–Crippen LogP) is 3.23. The van der Waals surface area contributed by atoms with Gasteiger partial charge in [0.2, 0.25) is 0 Å². The number of fused-ring (bicyclic) bond motifs is 2. The van der Waals surface area contributed by atoms with E-state index in [0.29, 0.717) is 17.8 Å². The molecule has 4 fully saturated rings. The summed E-state index contributed by atoms with van der Waals surface area (Å²) in [6.45, 7) is 4.29. The molecule has 0 heterocycles. The first-order chi connectivity index (χ1) is 8.09. The highest BCUT2D eigenvalue weighted by molar-refractivity contribution is 5.69. The van der Waals surface area contributed by atoms with Gasteiger partial charge >= 0.3 is 5.97 Å². The van der Waals surface area contributed by atoms with E-state index in [4.69, 9.17) is 0 Å². The molecule has 0 amide bonds. The maximum absolute atomic E-state index is 11.2. The van der Waals surface area contributed by atoms with Gasteiger partial charge in [-0.05, 0) is 67.1 Å². The van der Waals surface area contributed by atoms with E-state index in [1.807, 2.05) is 0 Å². The summed E-state index contributed by atoms with van der Waals surface area (Å²) >= 11 is 0. The van der Waals surface area contributed by atoms with E-state index in [9.17, 15) is 9.90 Å². The molecular formula is C15H20O2. The molecule has 92 valence electrons. The molecule has 4 aliphatic carbocycles. The van der Waals surface area contributed by atoms with Crippen molar-refractivity contribution in [2.75, 3.05) is 0 Å². The minimum absolute atomic E-state index is 0.207. The second kappa shape index (κ2) is 2.78. The lowest BCUT2D eigenvalue weighted by Crippen LogP contribution is -2.21. The van der Waals surface area contributed by atoms with Crippen molar-refractivity contribution in [3.05, 3.63) is 12.2 Å². The highest BCUT2D eigenvalue weighted by Crippen LogP contribution is 2.86. The van der Waals surface area contributed by atoms with Crippen molar-refractivity contribution < 1.29 is 9.90 Å². The van der Waals surface area contributed by atoms with Gasteiger partial charge in [0.05, 0.1) is 6.42 Å². The van der Waals surface area contributed by atoms with E-state index < -0.39 is 5.97 Å². The Balaban J connectivity index is 1.76. The van der Waals surface area contributed by atoms with Gasteiger partial charge in [-0.1, -0.05) is 12.2 Å². The molecular weight excluding hydrogens is 212 g/mol. The first kappa shape index (κ1) is 10.2. The molecule has 5 atom stereocenters. The van der Waals surface area contributed by atoms with Crippen LogP contribution in [0.1, 0.15) is 44.9 Å². The van der Waals surface area contributed by atoms with E-state index in [-0.39, 0.29) is 5.41 Å². The van der Waals surface area contributed by atoms with Gasteiger partial charge in [0.15, 0.2) is 0 Å². The topological polar surface area (TPSA) is 37.3 Å². The average Bonchev–Trinajstić information content (AvgIpc) is 2.66. The molecule has 1 spiro atoms. The van der Waals surface area contributed by atoms with Crippen LogP contribution in [0.15, 0.2) is 12.2 Å². The molecule has 2 bridgehead atoms. The Morgan fingerprint density at radius 3 is 3.06 bits per heavy atom. The summed E-state index contributed by atoms with van der Waals surface area (Å²) in [5, 5.41) is 9.21. The third-order valence-electron chi connectivity index (χ3n) is 6.72. The van der Waals surface area contributed by atoms with Gasteiger partial charge in [-0.3, -0.25) is 4.79 Å². The fourth-order valence-corrected chi connectivity index (χ4v) is 6.09. The van der Waals surface area contributed by atoms with Crippen LogP contribution in [0.3, 0.4) is 0 Å². The summed E-state index contributed by atoms with van der Waals surface area (Å²) in [5.74, 6) is 1.64. The van der Waals surface area contributed by atoms with Crippen molar-refractivity contribution >= 4 is 5.97 Å². The molecule has 0 radical (unpaired) electrons. The van der Waals surface area contributed by atoms with Crippen LogP contribution < -0.4 is 0 Å². The first-order valence-electron chi connectivity index (χ1n) is 6.98. The van der Waals surface area contributed by atoms with Crippen LogP contribution in [-0.2, 0) is 4.79 Å². The highest BCUT2D eigenvalue weighted by Gasteiger charge is 2.80. The van der Waals surface area contributed by atoms with Crippen molar-refractivity contribution in [2.24, 2.45) is 28.6 Å². The standard InChI is InChI=1S/C15H20O2/c1-9-2-3-10-6-12-11(9)4-5-14(12)8-15(10,14)7-13(16)17/h10-12H,1-8H2,(H,16,17)/t10-,11-,12+,14+,15-/m0/s1. The maximum atomic E-state index is 11.2. The molecule has 17 heavy (non-hydrogen) atoms. The monoisotopic (exact) mass is 232 g/mol. The van der Waals surface area contributed by atoms with Crippen LogP contribution >= 0.6 is 0 Å². The largest absolute Gasteiger partial charge is 0.481 e. The van der Waals surface area contributed by atoms with Gasteiger partial charge in [0.25, 0.3) is 0 Å². The maximum Gasteiger partial charge on any atom is 0.303 e. The lowest BCUT2D eigenvalue weighted by molar-refractivity contribution is -0.139. The van der Waals surface area contributed by atoms with Crippen LogP contribution in [0, 0.1) is 28.6 Å². The number of hydrogen-bond donors (Lipinski definition) is 1. The second-order valence-electron chi connectivity index (χ2n) is 6.94. The number of carboxylic acids is 1. The molecule has 0 saturated heterocycles. The van der Waals surface area contributed by atoms with Crippen molar-refractivity contribution in [1.29, 1.82) is 0 Å². The lowest BCUT2D eigenvalue weighted by atomic mass is 9.80. The summed E-state index contributed by atoms with van der Waals surface area (Å²) in [7, 11) is 0. The average molecular weight is 232 g/mol. The van der Waals surface area contributed by atoms with Gasteiger partial charge in [0.1, 0.15) is 0 Å². The van der Waals surface area contributed by atoms with Crippen molar-refractivity contribution in [3.63, 3.8) is 0 Å². The van der Waals surface area contributed by atoms with E-state index in [0.717, 1.165) is 18.3 Å². The quantitative estimate of drug-likeness (QED) is 0.742. The summed E-state index contributed by atoms with van der Waals surface area (Å²) in [6, 6.07) is 0. The van der Waals surface area contributed by atoms with Crippen LogP contribution in [-0.4, -0.2) is 11.1 Å². The predicted molar refractivity (Wildman–Crippen MR) is 64.4 cm³/mol. The number of aliphatic carboxylic acids is 1. The van der Waals surface area contributed by atoms with Crippen LogP contribution in [0.5, 0.6) is 0 Å². The number of rotatable bonds is 2. The van der Waals surface area contributed by atoms with Gasteiger partial charge in [-0.2, -0.15) is 0 Å². The zero-order valence-electron chi connectivity index (χ0n) is 10.2. The Kier molecular flexibility index (Phi) is 1.66. The Morgan fingerprint density at radius 2 is 2.29 bits per heavy atom. The molecule has 0 unspecified atom stereocenters. The van der Waals surface area contributed by atoms with Crippen LogP contribution in [0.4, 0.5) is 0 Å². The molecule has 4 aliphatic rings. The Bertz CT molecular complexity index is 427. The normalized spacial score (nSPS) is 54.4. The summed E-state index contributed by atoms with van der Waals surface area (Å²) < 4.78 is 0. The molecule has 0 aromatic rings. The van der Waals surface area contributed by atoms with E-state index in [1.165, 1.54) is 37.7 Å². The van der Waals surface area contributed by atoms with Gasteiger partial charge < -0.3 is 5.11 Å². The zero-order valence-corrected chi connectivity index (χ0v) is 10.2. The summed E-state index contributed by atoms with van der Waals surface area (Å²) in [5.41, 5.74) is 2.12. The second-order valence-corrected chi connectivity index (χ2v) is 6.94. The Labute approximate surface area is 102 Å². The number of hydrogen-bond acceptors (Lipinski definition) is 1. The minimum atomic E-state index is -0.574. The van der Waals surface area contributed by atoms with Gasteiger partial charge in [0, 0.05) is 0 Å². The number of carbonyl (C=O) groups is 1. The van der Waals surface area contributed by atoms with Crippen molar-refractivity contribution in [3.8, 4) is 0 Å². The smallest absolute Gasteiger partial charge is 0.303 e.